The second-order valence-electron chi connectivity index (χ2n) is 5.55. The average molecular weight is 430 g/mol. The minimum Gasteiger partial charge on any atom is -0.355 e. The SMILES string of the molecule is CN=C(NCCN1CCCS1(=O)=O)NC1CCCCC1.I. The van der Waals surface area contributed by atoms with E-state index >= 15 is 0 Å². The van der Waals surface area contributed by atoms with E-state index < -0.39 is 10.0 Å². The van der Waals surface area contributed by atoms with E-state index in [-0.39, 0.29) is 24.0 Å². The summed E-state index contributed by atoms with van der Waals surface area (Å²) >= 11 is 0. The molecule has 0 aromatic rings. The normalized spacial score (nSPS) is 23.6. The minimum absolute atomic E-state index is 0. The number of nitrogens with one attached hydrogen (secondary N) is 2. The zero-order valence-electron chi connectivity index (χ0n) is 12.7. The van der Waals surface area contributed by atoms with Crippen molar-refractivity contribution in [2.75, 3.05) is 32.4 Å². The first kappa shape index (κ1) is 19.0. The molecule has 0 atom stereocenters. The van der Waals surface area contributed by atoms with E-state index in [0.29, 0.717) is 31.4 Å². The highest BCUT2D eigenvalue weighted by atomic mass is 127. The summed E-state index contributed by atoms with van der Waals surface area (Å²) in [6, 6.07) is 0.505. The largest absolute Gasteiger partial charge is 0.355 e. The molecular weight excluding hydrogens is 403 g/mol. The molecule has 0 aromatic heterocycles. The fraction of sp³-hybridized carbons (Fsp3) is 0.923. The molecule has 2 aliphatic rings. The maximum atomic E-state index is 11.7. The van der Waals surface area contributed by atoms with Crippen molar-refractivity contribution in [2.24, 2.45) is 4.99 Å². The van der Waals surface area contributed by atoms with Crippen molar-refractivity contribution in [3.05, 3.63) is 0 Å². The van der Waals surface area contributed by atoms with Gasteiger partial charge in [-0.2, -0.15) is 0 Å². The number of rotatable bonds is 4. The standard InChI is InChI=1S/C13H26N4O2S.HI/c1-14-13(16-12-6-3-2-4-7-12)15-8-10-17-9-5-11-20(17,18)19;/h12H,2-11H2,1H3,(H2,14,15,16);1H. The lowest BCUT2D eigenvalue weighted by Crippen LogP contribution is -2.46. The Morgan fingerprint density at radius 3 is 2.52 bits per heavy atom. The molecule has 0 unspecified atom stereocenters. The molecule has 0 spiro atoms. The summed E-state index contributed by atoms with van der Waals surface area (Å²) in [5, 5.41) is 6.64. The summed E-state index contributed by atoms with van der Waals surface area (Å²) in [4.78, 5) is 4.21. The second-order valence-corrected chi connectivity index (χ2v) is 7.64. The Morgan fingerprint density at radius 1 is 1.24 bits per heavy atom. The summed E-state index contributed by atoms with van der Waals surface area (Å²) in [6.07, 6.45) is 7.03. The van der Waals surface area contributed by atoms with Crippen molar-refractivity contribution in [1.82, 2.24) is 14.9 Å². The molecule has 1 saturated heterocycles. The molecule has 2 N–H and O–H groups in total. The summed E-state index contributed by atoms with van der Waals surface area (Å²) < 4.78 is 24.9. The molecule has 8 heteroatoms. The first-order valence-corrected chi connectivity index (χ1v) is 9.18. The highest BCUT2D eigenvalue weighted by molar-refractivity contribution is 14.0. The van der Waals surface area contributed by atoms with Crippen LogP contribution < -0.4 is 10.6 Å². The Bertz CT molecular complexity index is 435. The van der Waals surface area contributed by atoms with Crippen LogP contribution in [0.2, 0.25) is 0 Å². The fourth-order valence-electron chi connectivity index (χ4n) is 2.88. The quantitative estimate of drug-likeness (QED) is 0.399. The van der Waals surface area contributed by atoms with Crippen LogP contribution >= 0.6 is 24.0 Å². The number of aliphatic imine (C=N–C) groups is 1. The lowest BCUT2D eigenvalue weighted by Gasteiger charge is -2.25. The molecule has 1 aliphatic carbocycles. The molecule has 21 heavy (non-hydrogen) atoms. The van der Waals surface area contributed by atoms with Gasteiger partial charge in [-0.05, 0) is 19.3 Å². The Balaban J connectivity index is 0.00000220. The zero-order valence-corrected chi connectivity index (χ0v) is 15.8. The lowest BCUT2D eigenvalue weighted by atomic mass is 9.96. The van der Waals surface area contributed by atoms with Gasteiger partial charge in [0.05, 0.1) is 5.75 Å². The molecular formula is C13H27IN4O2S. The van der Waals surface area contributed by atoms with Crippen molar-refractivity contribution >= 4 is 40.0 Å². The van der Waals surface area contributed by atoms with Crippen LogP contribution in [-0.2, 0) is 10.0 Å². The van der Waals surface area contributed by atoms with E-state index in [4.69, 9.17) is 0 Å². The van der Waals surface area contributed by atoms with Gasteiger partial charge in [0.15, 0.2) is 5.96 Å². The lowest BCUT2D eigenvalue weighted by molar-refractivity contribution is 0.407. The van der Waals surface area contributed by atoms with Crippen molar-refractivity contribution in [3.8, 4) is 0 Å². The number of hydrogen-bond donors (Lipinski definition) is 2. The van der Waals surface area contributed by atoms with Gasteiger partial charge in [0.25, 0.3) is 0 Å². The van der Waals surface area contributed by atoms with Gasteiger partial charge in [-0.25, -0.2) is 12.7 Å². The summed E-state index contributed by atoms with van der Waals surface area (Å²) in [7, 11) is -1.23. The Labute approximate surface area is 145 Å². The summed E-state index contributed by atoms with van der Waals surface area (Å²) in [5.41, 5.74) is 0. The van der Waals surface area contributed by atoms with Gasteiger partial charge in [-0.15, -0.1) is 24.0 Å². The minimum atomic E-state index is -2.99. The van der Waals surface area contributed by atoms with Crippen molar-refractivity contribution in [2.45, 2.75) is 44.6 Å². The van der Waals surface area contributed by atoms with E-state index in [1.807, 2.05) is 0 Å². The van der Waals surface area contributed by atoms with Gasteiger partial charge >= 0.3 is 0 Å². The smallest absolute Gasteiger partial charge is 0.214 e. The average Bonchev–Trinajstić information content (AvgIpc) is 2.78. The molecule has 1 heterocycles. The van der Waals surface area contributed by atoms with Crippen molar-refractivity contribution < 1.29 is 8.42 Å². The van der Waals surface area contributed by atoms with Gasteiger partial charge in [0.2, 0.25) is 10.0 Å². The monoisotopic (exact) mass is 430 g/mol. The molecule has 1 saturated carbocycles. The maximum Gasteiger partial charge on any atom is 0.214 e. The van der Waals surface area contributed by atoms with Crippen LogP contribution in [0, 0.1) is 0 Å². The fourth-order valence-corrected chi connectivity index (χ4v) is 4.41. The van der Waals surface area contributed by atoms with Crippen LogP contribution in [0.1, 0.15) is 38.5 Å². The number of guanidine groups is 1. The summed E-state index contributed by atoms with van der Waals surface area (Å²) in [5.74, 6) is 1.08. The highest BCUT2D eigenvalue weighted by Gasteiger charge is 2.27. The maximum absolute atomic E-state index is 11.7. The third-order valence-corrected chi connectivity index (χ3v) is 5.98. The number of hydrogen-bond acceptors (Lipinski definition) is 3. The number of sulfonamides is 1. The molecule has 0 bridgehead atoms. The van der Waals surface area contributed by atoms with E-state index in [1.54, 1.807) is 11.4 Å². The van der Waals surface area contributed by atoms with E-state index in [9.17, 15) is 8.42 Å². The highest BCUT2D eigenvalue weighted by Crippen LogP contribution is 2.17. The number of nitrogens with zero attached hydrogens (tertiary/aromatic N) is 2. The number of halogens is 1. The third-order valence-electron chi connectivity index (χ3n) is 4.03. The molecule has 0 amide bonds. The van der Waals surface area contributed by atoms with Crippen LogP contribution in [0.4, 0.5) is 0 Å². The van der Waals surface area contributed by atoms with Crippen molar-refractivity contribution in [1.29, 1.82) is 0 Å². The van der Waals surface area contributed by atoms with Gasteiger partial charge in [-0.3, -0.25) is 4.99 Å². The van der Waals surface area contributed by atoms with Crippen LogP contribution in [0.25, 0.3) is 0 Å². The van der Waals surface area contributed by atoms with Gasteiger partial charge in [0, 0.05) is 32.7 Å². The molecule has 1 aliphatic heterocycles. The first-order chi connectivity index (χ1) is 9.62. The topological polar surface area (TPSA) is 73.8 Å². The predicted molar refractivity (Wildman–Crippen MR) is 96.8 cm³/mol. The van der Waals surface area contributed by atoms with E-state index in [2.05, 4.69) is 15.6 Å². The van der Waals surface area contributed by atoms with Crippen LogP contribution in [0.5, 0.6) is 0 Å². The molecule has 2 fully saturated rings. The summed E-state index contributed by atoms with van der Waals surface area (Å²) in [6.45, 7) is 1.78. The second kappa shape index (κ2) is 9.14. The molecule has 124 valence electrons. The first-order valence-electron chi connectivity index (χ1n) is 7.57. The van der Waals surface area contributed by atoms with Crippen molar-refractivity contribution in [3.63, 3.8) is 0 Å². The molecule has 2 rings (SSSR count). The van der Waals surface area contributed by atoms with Gasteiger partial charge < -0.3 is 10.6 Å². The Kier molecular flexibility index (Phi) is 8.25. The van der Waals surface area contributed by atoms with Gasteiger partial charge in [0.1, 0.15) is 0 Å². The van der Waals surface area contributed by atoms with Crippen LogP contribution in [-0.4, -0.2) is 57.2 Å². The zero-order chi connectivity index (χ0) is 14.4. The molecule has 0 radical (unpaired) electrons. The van der Waals surface area contributed by atoms with E-state index in [0.717, 1.165) is 12.4 Å². The Hall–Kier alpha value is -0.0900. The third kappa shape index (κ3) is 5.90. The molecule has 6 nitrogen and oxygen atoms in total. The molecule has 0 aromatic carbocycles. The van der Waals surface area contributed by atoms with Gasteiger partial charge in [-0.1, -0.05) is 19.3 Å². The van der Waals surface area contributed by atoms with E-state index in [1.165, 1.54) is 32.1 Å². The Morgan fingerprint density at radius 2 is 1.95 bits per heavy atom. The van der Waals surface area contributed by atoms with Crippen LogP contribution in [0.3, 0.4) is 0 Å². The predicted octanol–water partition coefficient (Wildman–Crippen LogP) is 1.14. The van der Waals surface area contributed by atoms with Crippen LogP contribution in [0.15, 0.2) is 4.99 Å².